The fourth-order valence-electron chi connectivity index (χ4n) is 3.46. The molecule has 3 heterocycles. The number of hydrogen-bond acceptors (Lipinski definition) is 5. The van der Waals surface area contributed by atoms with E-state index in [1.54, 1.807) is 0 Å². The minimum absolute atomic E-state index is 0.685. The Morgan fingerprint density at radius 1 is 1.07 bits per heavy atom. The average Bonchev–Trinajstić information content (AvgIpc) is 3.18. The van der Waals surface area contributed by atoms with Gasteiger partial charge < -0.3 is 14.8 Å². The van der Waals surface area contributed by atoms with E-state index < -0.39 is 0 Å². The van der Waals surface area contributed by atoms with Crippen LogP contribution in [-0.4, -0.2) is 39.3 Å². The summed E-state index contributed by atoms with van der Waals surface area (Å²) in [5, 5.41) is 12.4. The summed E-state index contributed by atoms with van der Waals surface area (Å²) < 4.78 is 15.3. The van der Waals surface area contributed by atoms with Crippen molar-refractivity contribution < 1.29 is 9.47 Å². The number of nitrogens with zero attached hydrogens (tertiary/aromatic N) is 4. The van der Waals surface area contributed by atoms with Crippen molar-refractivity contribution in [2.45, 2.75) is 25.8 Å². The second-order valence-corrected chi connectivity index (χ2v) is 7.19. The van der Waals surface area contributed by atoms with Gasteiger partial charge in [-0.3, -0.25) is 9.36 Å². The molecule has 0 atom stereocenters. The van der Waals surface area contributed by atoms with E-state index in [0.717, 1.165) is 55.1 Å². The third-order valence-corrected chi connectivity index (χ3v) is 4.82. The predicted molar refractivity (Wildman–Crippen MR) is 107 cm³/mol. The number of aromatic nitrogens is 4. The van der Waals surface area contributed by atoms with Gasteiger partial charge in [-0.15, -0.1) is 0 Å². The molecule has 0 spiro atoms. The molecule has 0 saturated carbocycles. The van der Waals surface area contributed by atoms with Crippen molar-refractivity contribution >= 4 is 0 Å². The SMILES string of the molecule is Cn1cc(CCCNCc2cn(C)nc2-c2ccc3c(c2)OCCCO3)cn1. The summed E-state index contributed by atoms with van der Waals surface area (Å²) in [6, 6.07) is 6.08. The second-order valence-electron chi connectivity index (χ2n) is 7.19. The Kier molecular flexibility index (Phi) is 5.62. The van der Waals surface area contributed by atoms with Gasteiger partial charge in [-0.25, -0.2) is 0 Å². The highest BCUT2D eigenvalue weighted by Crippen LogP contribution is 2.34. The quantitative estimate of drug-likeness (QED) is 0.638. The predicted octanol–water partition coefficient (Wildman–Crippen LogP) is 2.70. The first-order chi connectivity index (χ1) is 13.7. The molecule has 0 bridgehead atoms. The van der Waals surface area contributed by atoms with E-state index >= 15 is 0 Å². The van der Waals surface area contributed by atoms with Crippen LogP contribution in [0.25, 0.3) is 11.3 Å². The van der Waals surface area contributed by atoms with Crippen LogP contribution in [0, 0.1) is 0 Å². The lowest BCUT2D eigenvalue weighted by Crippen LogP contribution is -2.15. The summed E-state index contributed by atoms with van der Waals surface area (Å²) >= 11 is 0. The van der Waals surface area contributed by atoms with Gasteiger partial charge in [-0.1, -0.05) is 0 Å². The van der Waals surface area contributed by atoms with Gasteiger partial charge in [0.05, 0.1) is 25.1 Å². The minimum Gasteiger partial charge on any atom is -0.490 e. The molecule has 0 fully saturated rings. The van der Waals surface area contributed by atoms with Crippen LogP contribution in [0.5, 0.6) is 11.5 Å². The summed E-state index contributed by atoms with van der Waals surface area (Å²) in [5.41, 5.74) is 4.49. The maximum atomic E-state index is 5.83. The maximum Gasteiger partial charge on any atom is 0.161 e. The van der Waals surface area contributed by atoms with Gasteiger partial charge in [-0.2, -0.15) is 10.2 Å². The summed E-state index contributed by atoms with van der Waals surface area (Å²) in [6.07, 6.45) is 9.09. The third kappa shape index (κ3) is 4.36. The topological polar surface area (TPSA) is 66.1 Å². The minimum atomic E-state index is 0.685. The van der Waals surface area contributed by atoms with Gasteiger partial charge in [0.15, 0.2) is 11.5 Å². The average molecular weight is 381 g/mol. The van der Waals surface area contributed by atoms with Crippen molar-refractivity contribution in [3.63, 3.8) is 0 Å². The van der Waals surface area contributed by atoms with Crippen LogP contribution >= 0.6 is 0 Å². The van der Waals surface area contributed by atoms with Gasteiger partial charge in [0, 0.05) is 50.6 Å². The Balaban J connectivity index is 1.39. The van der Waals surface area contributed by atoms with Crippen molar-refractivity contribution in [2.24, 2.45) is 14.1 Å². The molecule has 1 aliphatic rings. The fourth-order valence-corrected chi connectivity index (χ4v) is 3.46. The zero-order chi connectivity index (χ0) is 19.3. The molecule has 1 aromatic carbocycles. The lowest BCUT2D eigenvalue weighted by Gasteiger charge is -2.09. The van der Waals surface area contributed by atoms with E-state index in [4.69, 9.17) is 9.47 Å². The number of nitrogens with one attached hydrogen (secondary N) is 1. The first-order valence-electron chi connectivity index (χ1n) is 9.80. The van der Waals surface area contributed by atoms with Crippen molar-refractivity contribution in [1.82, 2.24) is 24.9 Å². The molecule has 0 aliphatic carbocycles. The highest BCUT2D eigenvalue weighted by atomic mass is 16.5. The van der Waals surface area contributed by atoms with Crippen molar-refractivity contribution in [3.05, 3.63) is 47.9 Å². The van der Waals surface area contributed by atoms with Crippen molar-refractivity contribution in [1.29, 1.82) is 0 Å². The second kappa shape index (κ2) is 8.48. The molecule has 1 aliphatic heterocycles. The molecule has 28 heavy (non-hydrogen) atoms. The molecule has 0 radical (unpaired) electrons. The summed E-state index contributed by atoms with van der Waals surface area (Å²) in [4.78, 5) is 0. The third-order valence-electron chi connectivity index (χ3n) is 4.82. The molecular formula is C21H27N5O2. The van der Waals surface area contributed by atoms with Crippen LogP contribution in [-0.2, 0) is 27.1 Å². The van der Waals surface area contributed by atoms with E-state index in [1.807, 2.05) is 41.8 Å². The highest BCUT2D eigenvalue weighted by Gasteiger charge is 2.15. The van der Waals surface area contributed by atoms with Crippen molar-refractivity contribution in [2.75, 3.05) is 19.8 Å². The van der Waals surface area contributed by atoms with Crippen molar-refractivity contribution in [3.8, 4) is 22.8 Å². The van der Waals surface area contributed by atoms with E-state index in [1.165, 1.54) is 11.1 Å². The van der Waals surface area contributed by atoms with E-state index in [-0.39, 0.29) is 0 Å². The fraction of sp³-hybridized carbons (Fsp3) is 0.429. The Morgan fingerprint density at radius 2 is 1.93 bits per heavy atom. The Labute approximate surface area is 165 Å². The van der Waals surface area contributed by atoms with Gasteiger partial charge in [0.1, 0.15) is 0 Å². The van der Waals surface area contributed by atoms with Gasteiger partial charge in [0.2, 0.25) is 0 Å². The Hall–Kier alpha value is -2.80. The smallest absolute Gasteiger partial charge is 0.161 e. The lowest BCUT2D eigenvalue weighted by atomic mass is 10.1. The van der Waals surface area contributed by atoms with Gasteiger partial charge in [-0.05, 0) is 43.1 Å². The molecule has 2 aromatic heterocycles. The zero-order valence-corrected chi connectivity index (χ0v) is 16.5. The number of hydrogen-bond donors (Lipinski definition) is 1. The van der Waals surface area contributed by atoms with Crippen LogP contribution in [0.3, 0.4) is 0 Å². The zero-order valence-electron chi connectivity index (χ0n) is 16.5. The summed E-state index contributed by atoms with van der Waals surface area (Å²) in [5.74, 6) is 1.61. The largest absolute Gasteiger partial charge is 0.490 e. The monoisotopic (exact) mass is 381 g/mol. The first kappa shape index (κ1) is 18.6. The summed E-state index contributed by atoms with van der Waals surface area (Å²) in [6.45, 7) is 3.11. The number of benzene rings is 1. The van der Waals surface area contributed by atoms with Gasteiger partial charge in [0.25, 0.3) is 0 Å². The summed E-state index contributed by atoms with van der Waals surface area (Å²) in [7, 11) is 3.91. The Morgan fingerprint density at radius 3 is 2.75 bits per heavy atom. The lowest BCUT2D eigenvalue weighted by molar-refractivity contribution is 0.297. The van der Waals surface area contributed by atoms with Crippen LogP contribution in [0.4, 0.5) is 0 Å². The van der Waals surface area contributed by atoms with Crippen LogP contribution < -0.4 is 14.8 Å². The molecule has 0 amide bonds. The molecule has 148 valence electrons. The highest BCUT2D eigenvalue weighted by molar-refractivity contribution is 5.66. The molecule has 0 unspecified atom stereocenters. The van der Waals surface area contributed by atoms with Crippen LogP contribution in [0.1, 0.15) is 24.0 Å². The number of ether oxygens (including phenoxy) is 2. The maximum absolute atomic E-state index is 5.83. The molecule has 0 saturated heterocycles. The molecule has 7 heteroatoms. The van der Waals surface area contributed by atoms with Crippen LogP contribution in [0.2, 0.25) is 0 Å². The molecule has 4 rings (SSSR count). The first-order valence-corrected chi connectivity index (χ1v) is 9.80. The molecular weight excluding hydrogens is 354 g/mol. The molecule has 7 nitrogen and oxygen atoms in total. The molecule has 1 N–H and O–H groups in total. The number of rotatable bonds is 7. The van der Waals surface area contributed by atoms with E-state index in [0.29, 0.717) is 13.2 Å². The normalized spacial score (nSPS) is 13.5. The molecule has 3 aromatic rings. The number of aryl methyl sites for hydroxylation is 3. The van der Waals surface area contributed by atoms with E-state index in [2.05, 4.69) is 34.0 Å². The van der Waals surface area contributed by atoms with E-state index in [9.17, 15) is 0 Å². The van der Waals surface area contributed by atoms with Gasteiger partial charge >= 0.3 is 0 Å². The van der Waals surface area contributed by atoms with Crippen LogP contribution in [0.15, 0.2) is 36.8 Å². The Bertz CT molecular complexity index is 931. The number of fused-ring (bicyclic) bond motifs is 1. The standard InChI is InChI=1S/C21H27N5O2/c1-25-14-16(12-23-25)5-3-8-22-13-18-15-26(2)24-21(18)17-6-7-19-20(11-17)28-10-4-9-27-19/h6-7,11-12,14-15,22H,3-5,8-10,13H2,1-2H3.